The highest BCUT2D eigenvalue weighted by atomic mass is 32.2. The fourth-order valence-electron chi connectivity index (χ4n) is 4.11. The molecule has 0 spiro atoms. The molecule has 2 heterocycles. The molecule has 2 aromatic carbocycles. The van der Waals surface area contributed by atoms with E-state index in [-0.39, 0.29) is 11.7 Å². The minimum atomic E-state index is -3.27. The van der Waals surface area contributed by atoms with Gasteiger partial charge in [-0.25, -0.2) is 8.42 Å². The van der Waals surface area contributed by atoms with Gasteiger partial charge < -0.3 is 14.6 Å². The third-order valence-corrected chi connectivity index (χ3v) is 8.16. The molecule has 0 atom stereocenters. The molecule has 5 rings (SSSR count). The maximum absolute atomic E-state index is 11.8. The molecule has 1 aliphatic carbocycles. The van der Waals surface area contributed by atoms with Crippen molar-refractivity contribution in [1.29, 1.82) is 0 Å². The largest absolute Gasteiger partial charge is 0.454 e. The SMILES string of the molecule is CS(=O)(=O)c1ccc(-c2sc3cc4c(cc3c2C#CC2(O)CCCCC2)OCO4)cc1. The van der Waals surface area contributed by atoms with Gasteiger partial charge in [0, 0.05) is 22.4 Å². The molecule has 7 heteroatoms. The van der Waals surface area contributed by atoms with Gasteiger partial charge in [0.05, 0.1) is 15.3 Å². The lowest BCUT2D eigenvalue weighted by molar-refractivity contribution is 0.0610. The number of ether oxygens (including phenoxy) is 2. The van der Waals surface area contributed by atoms with Crippen molar-refractivity contribution in [3.63, 3.8) is 0 Å². The predicted octanol–water partition coefficient (Wildman–Crippen LogP) is 4.75. The van der Waals surface area contributed by atoms with E-state index in [1.807, 2.05) is 24.3 Å². The van der Waals surface area contributed by atoms with Crippen LogP contribution in [-0.4, -0.2) is 32.2 Å². The molecule has 5 nitrogen and oxygen atoms in total. The van der Waals surface area contributed by atoms with Crippen LogP contribution in [0.4, 0.5) is 0 Å². The highest BCUT2D eigenvalue weighted by molar-refractivity contribution is 7.90. The summed E-state index contributed by atoms with van der Waals surface area (Å²) < 4.78 is 35.8. The monoisotopic (exact) mass is 454 g/mol. The standard InChI is InChI=1S/C24H22O5S2/c1-31(26,27)17-7-5-16(6-8-17)23-18(9-12-24(25)10-3-2-4-11-24)19-13-20-21(29-15-28-20)14-22(19)30-23/h5-8,13-14,25H,2-4,10-11,15H2,1H3. The summed E-state index contributed by atoms with van der Waals surface area (Å²) in [6.45, 7) is 0.202. The van der Waals surface area contributed by atoms with Crippen LogP contribution in [0.1, 0.15) is 37.7 Å². The number of hydrogen-bond donors (Lipinski definition) is 1. The number of sulfone groups is 1. The first-order chi connectivity index (χ1) is 14.8. The number of fused-ring (bicyclic) bond motifs is 2. The average molecular weight is 455 g/mol. The van der Waals surface area contributed by atoms with Crippen LogP contribution in [0.25, 0.3) is 20.5 Å². The summed E-state index contributed by atoms with van der Waals surface area (Å²) >= 11 is 1.57. The molecule has 1 aromatic heterocycles. The minimum Gasteiger partial charge on any atom is -0.454 e. The van der Waals surface area contributed by atoms with E-state index in [1.54, 1.807) is 23.5 Å². The Morgan fingerprint density at radius 3 is 2.39 bits per heavy atom. The van der Waals surface area contributed by atoms with Crippen molar-refractivity contribution in [3.05, 3.63) is 42.0 Å². The van der Waals surface area contributed by atoms with Crippen molar-refractivity contribution in [2.45, 2.75) is 42.6 Å². The van der Waals surface area contributed by atoms with Crippen molar-refractivity contribution >= 4 is 31.3 Å². The first kappa shape index (κ1) is 20.4. The first-order valence-electron chi connectivity index (χ1n) is 10.2. The lowest BCUT2D eigenvalue weighted by Gasteiger charge is -2.26. The van der Waals surface area contributed by atoms with Crippen molar-refractivity contribution < 1.29 is 23.0 Å². The Kier molecular flexibility index (Phi) is 4.97. The smallest absolute Gasteiger partial charge is 0.231 e. The van der Waals surface area contributed by atoms with Crippen LogP contribution in [0.15, 0.2) is 41.3 Å². The zero-order valence-electron chi connectivity index (χ0n) is 17.1. The maximum Gasteiger partial charge on any atom is 0.231 e. The number of hydrogen-bond acceptors (Lipinski definition) is 6. The van der Waals surface area contributed by atoms with Crippen molar-refractivity contribution in [3.8, 4) is 33.8 Å². The van der Waals surface area contributed by atoms with Crippen LogP contribution >= 0.6 is 11.3 Å². The lowest BCUT2D eigenvalue weighted by Crippen LogP contribution is -2.29. The van der Waals surface area contributed by atoms with Gasteiger partial charge in [0.2, 0.25) is 6.79 Å². The van der Waals surface area contributed by atoms with Gasteiger partial charge in [-0.2, -0.15) is 0 Å². The van der Waals surface area contributed by atoms with E-state index >= 15 is 0 Å². The second-order valence-corrected chi connectivity index (χ2v) is 11.2. The maximum atomic E-state index is 11.8. The highest BCUT2D eigenvalue weighted by Crippen LogP contribution is 2.44. The molecule has 31 heavy (non-hydrogen) atoms. The van der Waals surface area contributed by atoms with Crippen molar-refractivity contribution in [2.75, 3.05) is 13.0 Å². The lowest BCUT2D eigenvalue weighted by atomic mass is 9.85. The molecule has 2 aliphatic rings. The molecule has 0 bridgehead atoms. The minimum absolute atomic E-state index is 0.202. The summed E-state index contributed by atoms with van der Waals surface area (Å²) in [5.41, 5.74) is 0.750. The average Bonchev–Trinajstić information content (AvgIpc) is 3.34. The highest BCUT2D eigenvalue weighted by Gasteiger charge is 2.27. The van der Waals surface area contributed by atoms with Gasteiger partial charge in [-0.05, 0) is 49.4 Å². The Bertz CT molecular complexity index is 1320. The Labute approximate surface area is 185 Å². The summed E-state index contributed by atoms with van der Waals surface area (Å²) in [5, 5.41) is 11.9. The second kappa shape index (κ2) is 7.56. The molecule has 0 amide bonds. The van der Waals surface area contributed by atoms with Gasteiger partial charge in [-0.3, -0.25) is 0 Å². The summed E-state index contributed by atoms with van der Waals surface area (Å²) in [6, 6.07) is 10.7. The molecule has 1 saturated carbocycles. The Morgan fingerprint density at radius 2 is 1.71 bits per heavy atom. The van der Waals surface area contributed by atoms with Gasteiger partial charge in [0.1, 0.15) is 5.60 Å². The number of benzene rings is 2. The third kappa shape index (κ3) is 3.91. The van der Waals surface area contributed by atoms with Crippen LogP contribution < -0.4 is 9.47 Å². The zero-order chi connectivity index (χ0) is 21.6. The van der Waals surface area contributed by atoms with Gasteiger partial charge in [0.15, 0.2) is 21.3 Å². The Hall–Kier alpha value is -2.53. The number of aliphatic hydroxyl groups is 1. The normalized spacial score (nSPS) is 17.4. The molecule has 160 valence electrons. The third-order valence-electron chi connectivity index (χ3n) is 5.83. The molecule has 3 aromatic rings. The van der Waals surface area contributed by atoms with E-state index in [4.69, 9.17) is 9.47 Å². The molecular formula is C24H22O5S2. The van der Waals surface area contributed by atoms with E-state index < -0.39 is 15.4 Å². The van der Waals surface area contributed by atoms with E-state index in [9.17, 15) is 13.5 Å². The molecular weight excluding hydrogens is 432 g/mol. The number of rotatable bonds is 2. The summed E-state index contributed by atoms with van der Waals surface area (Å²) in [5.74, 6) is 7.82. The summed E-state index contributed by atoms with van der Waals surface area (Å²) in [4.78, 5) is 1.22. The first-order valence-corrected chi connectivity index (χ1v) is 13.0. The fourth-order valence-corrected chi connectivity index (χ4v) is 5.91. The topological polar surface area (TPSA) is 72.8 Å². The van der Waals surface area contributed by atoms with E-state index in [2.05, 4.69) is 11.8 Å². The molecule has 0 radical (unpaired) electrons. The number of thiophene rings is 1. The van der Waals surface area contributed by atoms with E-state index in [0.29, 0.717) is 24.3 Å². The van der Waals surface area contributed by atoms with Gasteiger partial charge in [-0.1, -0.05) is 30.4 Å². The quantitative estimate of drug-likeness (QED) is 0.566. The summed E-state index contributed by atoms with van der Waals surface area (Å²) in [6.07, 6.45) is 5.67. The van der Waals surface area contributed by atoms with Crippen molar-refractivity contribution in [2.24, 2.45) is 0 Å². The van der Waals surface area contributed by atoms with Gasteiger partial charge >= 0.3 is 0 Å². The zero-order valence-corrected chi connectivity index (χ0v) is 18.7. The molecule has 1 fully saturated rings. The van der Waals surface area contributed by atoms with Crippen LogP contribution in [0.5, 0.6) is 11.5 Å². The Morgan fingerprint density at radius 1 is 1.03 bits per heavy atom. The van der Waals surface area contributed by atoms with Crippen LogP contribution in [0.2, 0.25) is 0 Å². The second-order valence-electron chi connectivity index (χ2n) is 8.15. The fraction of sp³-hybridized carbons (Fsp3) is 0.333. The van der Waals surface area contributed by atoms with Crippen LogP contribution in [0, 0.1) is 11.8 Å². The van der Waals surface area contributed by atoms with E-state index in [1.165, 1.54) is 6.26 Å². The molecule has 1 aliphatic heterocycles. The van der Waals surface area contributed by atoms with Gasteiger partial charge in [-0.15, -0.1) is 11.3 Å². The van der Waals surface area contributed by atoms with E-state index in [0.717, 1.165) is 45.4 Å². The molecule has 1 N–H and O–H groups in total. The van der Waals surface area contributed by atoms with Gasteiger partial charge in [0.25, 0.3) is 0 Å². The predicted molar refractivity (Wildman–Crippen MR) is 121 cm³/mol. The van der Waals surface area contributed by atoms with Crippen molar-refractivity contribution in [1.82, 2.24) is 0 Å². The molecule has 0 unspecified atom stereocenters. The summed E-state index contributed by atoms with van der Waals surface area (Å²) in [7, 11) is -3.27. The van der Waals surface area contributed by atoms with Crippen LogP contribution in [0.3, 0.4) is 0 Å². The van der Waals surface area contributed by atoms with Crippen LogP contribution in [-0.2, 0) is 9.84 Å². The Balaban J connectivity index is 1.66. The molecule has 0 saturated heterocycles.